The molecule has 0 aliphatic carbocycles. The van der Waals surface area contributed by atoms with Gasteiger partial charge in [0.1, 0.15) is 0 Å². The standard InChI is InChI=1S/C18H18N2/c1-20-11-14-7-2-4-8-15(14)16(12-20)18-10-13-6-3-5-9-17(13)19-18/h2-10,16,19H,11-12H2,1H3/t16-/m0/s1. The van der Waals surface area contributed by atoms with E-state index < -0.39 is 0 Å². The van der Waals surface area contributed by atoms with Crippen molar-refractivity contribution >= 4 is 10.9 Å². The normalized spacial score (nSPS) is 19.1. The maximum Gasteiger partial charge on any atom is 0.0456 e. The van der Waals surface area contributed by atoms with Crippen molar-refractivity contribution in [2.24, 2.45) is 0 Å². The topological polar surface area (TPSA) is 19.0 Å². The van der Waals surface area contributed by atoms with Gasteiger partial charge in [0, 0.05) is 30.2 Å². The summed E-state index contributed by atoms with van der Waals surface area (Å²) in [6.45, 7) is 2.12. The van der Waals surface area contributed by atoms with Gasteiger partial charge in [-0.1, -0.05) is 42.5 Å². The van der Waals surface area contributed by atoms with Crippen molar-refractivity contribution in [3.8, 4) is 0 Å². The molecular formula is C18H18N2. The Morgan fingerprint density at radius 1 is 1.05 bits per heavy atom. The van der Waals surface area contributed by atoms with E-state index >= 15 is 0 Å². The Balaban J connectivity index is 1.85. The maximum absolute atomic E-state index is 3.60. The number of benzene rings is 2. The first-order chi connectivity index (χ1) is 9.81. The van der Waals surface area contributed by atoms with E-state index in [1.807, 2.05) is 0 Å². The SMILES string of the molecule is CN1Cc2ccccc2[C@@H](c2cc3ccccc3[nH]2)C1. The van der Waals surface area contributed by atoms with Crippen LogP contribution in [0, 0.1) is 0 Å². The molecule has 1 aromatic heterocycles. The van der Waals surface area contributed by atoms with Crippen LogP contribution < -0.4 is 0 Å². The van der Waals surface area contributed by atoms with Gasteiger partial charge in [-0.25, -0.2) is 0 Å². The highest BCUT2D eigenvalue weighted by molar-refractivity contribution is 5.80. The number of nitrogens with one attached hydrogen (secondary N) is 1. The average Bonchev–Trinajstić information content (AvgIpc) is 2.90. The number of fused-ring (bicyclic) bond motifs is 2. The van der Waals surface area contributed by atoms with Crippen molar-refractivity contribution in [1.82, 2.24) is 9.88 Å². The highest BCUT2D eigenvalue weighted by atomic mass is 15.1. The molecule has 4 rings (SSSR count). The third-order valence-corrected chi connectivity index (χ3v) is 4.29. The summed E-state index contributed by atoms with van der Waals surface area (Å²) < 4.78 is 0. The predicted molar refractivity (Wildman–Crippen MR) is 82.9 cm³/mol. The number of hydrogen-bond donors (Lipinski definition) is 1. The molecule has 20 heavy (non-hydrogen) atoms. The van der Waals surface area contributed by atoms with Gasteiger partial charge in [-0.2, -0.15) is 0 Å². The van der Waals surface area contributed by atoms with Gasteiger partial charge >= 0.3 is 0 Å². The van der Waals surface area contributed by atoms with Crippen molar-refractivity contribution in [3.63, 3.8) is 0 Å². The predicted octanol–water partition coefficient (Wildman–Crippen LogP) is 3.75. The van der Waals surface area contributed by atoms with Crippen LogP contribution in [0.5, 0.6) is 0 Å². The molecule has 0 amide bonds. The largest absolute Gasteiger partial charge is 0.358 e. The molecule has 100 valence electrons. The Bertz CT molecular complexity index is 724. The summed E-state index contributed by atoms with van der Waals surface area (Å²) in [4.78, 5) is 6.00. The second kappa shape index (κ2) is 4.50. The molecule has 0 saturated heterocycles. The first-order valence-electron chi connectivity index (χ1n) is 7.15. The van der Waals surface area contributed by atoms with E-state index in [4.69, 9.17) is 0 Å². The molecule has 2 heteroatoms. The zero-order chi connectivity index (χ0) is 13.5. The first-order valence-corrected chi connectivity index (χ1v) is 7.15. The molecule has 0 bridgehead atoms. The smallest absolute Gasteiger partial charge is 0.0456 e. The molecular weight excluding hydrogens is 244 g/mol. The fourth-order valence-corrected chi connectivity index (χ4v) is 3.33. The summed E-state index contributed by atoms with van der Waals surface area (Å²) >= 11 is 0. The zero-order valence-corrected chi connectivity index (χ0v) is 11.6. The molecule has 2 nitrogen and oxygen atoms in total. The minimum atomic E-state index is 0.442. The second-order valence-corrected chi connectivity index (χ2v) is 5.76. The highest BCUT2D eigenvalue weighted by Gasteiger charge is 2.25. The fourth-order valence-electron chi connectivity index (χ4n) is 3.33. The first kappa shape index (κ1) is 11.7. The number of H-pyrrole nitrogens is 1. The van der Waals surface area contributed by atoms with Crippen molar-refractivity contribution in [2.75, 3.05) is 13.6 Å². The zero-order valence-electron chi connectivity index (χ0n) is 11.6. The minimum absolute atomic E-state index is 0.442. The second-order valence-electron chi connectivity index (χ2n) is 5.76. The quantitative estimate of drug-likeness (QED) is 0.707. The summed E-state index contributed by atoms with van der Waals surface area (Å²) in [7, 11) is 2.20. The van der Waals surface area contributed by atoms with E-state index in [2.05, 4.69) is 71.5 Å². The molecule has 0 radical (unpaired) electrons. The molecule has 0 saturated carbocycles. The Morgan fingerprint density at radius 2 is 1.85 bits per heavy atom. The lowest BCUT2D eigenvalue weighted by molar-refractivity contribution is 0.294. The lowest BCUT2D eigenvalue weighted by Gasteiger charge is -2.31. The monoisotopic (exact) mass is 262 g/mol. The number of aromatic amines is 1. The molecule has 1 atom stereocenters. The lowest BCUT2D eigenvalue weighted by atomic mass is 9.88. The summed E-state index contributed by atoms with van der Waals surface area (Å²) in [6, 6.07) is 19.6. The van der Waals surface area contributed by atoms with Crippen molar-refractivity contribution in [3.05, 3.63) is 71.4 Å². The summed E-state index contributed by atoms with van der Waals surface area (Å²) in [6.07, 6.45) is 0. The minimum Gasteiger partial charge on any atom is -0.358 e. The Labute approximate surface area is 119 Å². The van der Waals surface area contributed by atoms with E-state index in [1.165, 1.54) is 27.7 Å². The third-order valence-electron chi connectivity index (χ3n) is 4.29. The van der Waals surface area contributed by atoms with E-state index in [-0.39, 0.29) is 0 Å². The van der Waals surface area contributed by atoms with E-state index in [9.17, 15) is 0 Å². The molecule has 0 fully saturated rings. The number of likely N-dealkylation sites (N-methyl/N-ethyl adjacent to an activating group) is 1. The van der Waals surface area contributed by atoms with Gasteiger partial charge < -0.3 is 9.88 Å². The molecule has 2 heterocycles. The molecule has 0 unspecified atom stereocenters. The maximum atomic E-state index is 3.60. The van der Waals surface area contributed by atoms with Gasteiger partial charge in [-0.15, -0.1) is 0 Å². The molecule has 3 aromatic rings. The number of nitrogens with zero attached hydrogens (tertiary/aromatic N) is 1. The molecule has 1 aliphatic heterocycles. The summed E-state index contributed by atoms with van der Waals surface area (Å²) in [5.41, 5.74) is 5.47. The van der Waals surface area contributed by atoms with Gasteiger partial charge in [0.2, 0.25) is 0 Å². The van der Waals surface area contributed by atoms with E-state index in [0.29, 0.717) is 5.92 Å². The number of para-hydroxylation sites is 1. The van der Waals surface area contributed by atoms with Crippen molar-refractivity contribution < 1.29 is 0 Å². The molecule has 1 aliphatic rings. The fraction of sp³-hybridized carbons (Fsp3) is 0.222. The number of rotatable bonds is 1. The van der Waals surface area contributed by atoms with Gasteiger partial charge in [0.05, 0.1) is 0 Å². The van der Waals surface area contributed by atoms with Crippen LogP contribution in [-0.2, 0) is 6.54 Å². The van der Waals surface area contributed by atoms with Crippen LogP contribution >= 0.6 is 0 Å². The lowest BCUT2D eigenvalue weighted by Crippen LogP contribution is -2.31. The van der Waals surface area contributed by atoms with Crippen LogP contribution in [0.15, 0.2) is 54.6 Å². The van der Waals surface area contributed by atoms with Crippen LogP contribution in [0.4, 0.5) is 0 Å². The number of aromatic nitrogens is 1. The van der Waals surface area contributed by atoms with E-state index in [1.54, 1.807) is 0 Å². The van der Waals surface area contributed by atoms with Crippen LogP contribution in [-0.4, -0.2) is 23.5 Å². The van der Waals surface area contributed by atoms with Crippen LogP contribution in [0.2, 0.25) is 0 Å². The third kappa shape index (κ3) is 1.84. The summed E-state index contributed by atoms with van der Waals surface area (Å²) in [5, 5.41) is 1.30. The Morgan fingerprint density at radius 3 is 2.75 bits per heavy atom. The van der Waals surface area contributed by atoms with Gasteiger partial charge in [-0.05, 0) is 35.7 Å². The summed E-state index contributed by atoms with van der Waals surface area (Å²) in [5.74, 6) is 0.442. The van der Waals surface area contributed by atoms with Gasteiger partial charge in [0.15, 0.2) is 0 Å². The molecule has 2 aromatic carbocycles. The number of hydrogen-bond acceptors (Lipinski definition) is 1. The molecule has 1 N–H and O–H groups in total. The average molecular weight is 262 g/mol. The van der Waals surface area contributed by atoms with E-state index in [0.717, 1.165) is 13.1 Å². The van der Waals surface area contributed by atoms with Gasteiger partial charge in [0.25, 0.3) is 0 Å². The molecule has 0 spiro atoms. The Kier molecular flexibility index (Phi) is 2.64. The van der Waals surface area contributed by atoms with Crippen LogP contribution in [0.1, 0.15) is 22.7 Å². The van der Waals surface area contributed by atoms with Crippen LogP contribution in [0.25, 0.3) is 10.9 Å². The highest BCUT2D eigenvalue weighted by Crippen LogP contribution is 2.33. The van der Waals surface area contributed by atoms with Gasteiger partial charge in [-0.3, -0.25) is 0 Å². The Hall–Kier alpha value is -2.06. The van der Waals surface area contributed by atoms with Crippen LogP contribution in [0.3, 0.4) is 0 Å². The van der Waals surface area contributed by atoms with Crippen molar-refractivity contribution in [2.45, 2.75) is 12.5 Å². The van der Waals surface area contributed by atoms with Crippen molar-refractivity contribution in [1.29, 1.82) is 0 Å².